The van der Waals surface area contributed by atoms with Gasteiger partial charge in [-0.15, -0.1) is 0 Å². The van der Waals surface area contributed by atoms with Gasteiger partial charge in [-0.3, -0.25) is 9.59 Å². The van der Waals surface area contributed by atoms with E-state index in [1.807, 2.05) is 0 Å². The van der Waals surface area contributed by atoms with Gasteiger partial charge in [0.1, 0.15) is 0 Å². The topological polar surface area (TPSA) is 70.2 Å². The van der Waals surface area contributed by atoms with Crippen molar-refractivity contribution in [1.29, 1.82) is 0 Å². The molecule has 0 aromatic rings. The third kappa shape index (κ3) is 28.8. The lowest BCUT2D eigenvalue weighted by molar-refractivity contribution is -0.121. The second-order valence-corrected chi connectivity index (χ2v) is 10.0. The van der Waals surface area contributed by atoms with E-state index in [-0.39, 0.29) is 11.8 Å². The Hall–Kier alpha value is -1.36. The molecule has 5 nitrogen and oxygen atoms in total. The van der Waals surface area contributed by atoms with Crippen molar-refractivity contribution in [3.8, 4) is 0 Å². The van der Waals surface area contributed by atoms with Crippen molar-refractivity contribution in [3.05, 3.63) is 12.3 Å². The van der Waals surface area contributed by atoms with Crippen molar-refractivity contribution in [1.82, 2.24) is 16.0 Å². The standard InChI is InChI=1S/C30H59N3O2/c1-3-5-7-9-11-13-15-17-19-21-25-32-29(34)23-27-31-28-24-30(35)33-26-22-20-18-16-14-12-10-8-6-4-2/h21,25,31H,3-20,22-24,26-28H2,1-2H3,(H,32,34)(H,33,35)/b25-21+. The number of nitrogens with one attached hydrogen (secondary N) is 3. The first-order valence-corrected chi connectivity index (χ1v) is 15.1. The molecule has 35 heavy (non-hydrogen) atoms. The number of amides is 2. The molecule has 0 saturated heterocycles. The lowest BCUT2D eigenvalue weighted by atomic mass is 10.1. The van der Waals surface area contributed by atoms with E-state index in [0.29, 0.717) is 25.9 Å². The van der Waals surface area contributed by atoms with Gasteiger partial charge in [-0.25, -0.2) is 0 Å². The van der Waals surface area contributed by atoms with Crippen LogP contribution in [0.5, 0.6) is 0 Å². The van der Waals surface area contributed by atoms with Gasteiger partial charge >= 0.3 is 0 Å². The van der Waals surface area contributed by atoms with E-state index in [2.05, 4.69) is 35.9 Å². The number of allylic oxidation sites excluding steroid dienone is 1. The molecule has 0 aliphatic carbocycles. The first-order chi connectivity index (χ1) is 17.2. The Balaban J connectivity index is 3.34. The molecular weight excluding hydrogens is 434 g/mol. The zero-order valence-electron chi connectivity index (χ0n) is 23.4. The number of hydrogen-bond donors (Lipinski definition) is 3. The van der Waals surface area contributed by atoms with Crippen molar-refractivity contribution >= 4 is 11.8 Å². The number of unbranched alkanes of at least 4 members (excludes halogenated alkanes) is 17. The summed E-state index contributed by atoms with van der Waals surface area (Å²) in [6.07, 6.45) is 29.4. The van der Waals surface area contributed by atoms with Crippen LogP contribution in [0.4, 0.5) is 0 Å². The Morgan fingerprint density at radius 2 is 1.00 bits per heavy atom. The molecule has 0 spiro atoms. The summed E-state index contributed by atoms with van der Waals surface area (Å²) in [6.45, 7) is 6.51. The first-order valence-electron chi connectivity index (χ1n) is 15.1. The van der Waals surface area contributed by atoms with Crippen molar-refractivity contribution in [3.63, 3.8) is 0 Å². The highest BCUT2D eigenvalue weighted by Gasteiger charge is 2.02. The fraction of sp³-hybridized carbons (Fsp3) is 0.867. The van der Waals surface area contributed by atoms with Crippen LogP contribution in [-0.4, -0.2) is 31.4 Å². The lowest BCUT2D eigenvalue weighted by Crippen LogP contribution is -2.30. The largest absolute Gasteiger partial charge is 0.356 e. The van der Waals surface area contributed by atoms with E-state index < -0.39 is 0 Å². The Kier molecular flexibility index (Phi) is 27.8. The molecule has 3 N–H and O–H groups in total. The van der Waals surface area contributed by atoms with E-state index in [1.165, 1.54) is 109 Å². The molecule has 5 heteroatoms. The summed E-state index contributed by atoms with van der Waals surface area (Å²) >= 11 is 0. The highest BCUT2D eigenvalue weighted by atomic mass is 16.2. The average molecular weight is 494 g/mol. The van der Waals surface area contributed by atoms with Crippen LogP contribution in [0.15, 0.2) is 12.3 Å². The van der Waals surface area contributed by atoms with Gasteiger partial charge in [0.05, 0.1) is 0 Å². The molecule has 0 aromatic heterocycles. The summed E-state index contributed by atoms with van der Waals surface area (Å²) in [7, 11) is 0. The Labute approximate surface area is 218 Å². The number of rotatable bonds is 27. The Morgan fingerprint density at radius 1 is 0.543 bits per heavy atom. The highest BCUT2D eigenvalue weighted by Crippen LogP contribution is 2.11. The van der Waals surface area contributed by atoms with Gasteiger partial charge in [0.2, 0.25) is 11.8 Å². The number of hydrogen-bond acceptors (Lipinski definition) is 3. The number of carbonyl (C=O) groups is 2. The third-order valence-electron chi connectivity index (χ3n) is 6.50. The van der Waals surface area contributed by atoms with Crippen LogP contribution >= 0.6 is 0 Å². The molecule has 0 aliphatic rings. The van der Waals surface area contributed by atoms with Gasteiger partial charge in [0.25, 0.3) is 0 Å². The molecule has 0 unspecified atom stereocenters. The predicted molar refractivity (Wildman–Crippen MR) is 151 cm³/mol. The second kappa shape index (κ2) is 28.9. The van der Waals surface area contributed by atoms with Crippen LogP contribution in [0.1, 0.15) is 149 Å². The van der Waals surface area contributed by atoms with Crippen LogP contribution in [0.2, 0.25) is 0 Å². The van der Waals surface area contributed by atoms with Crippen molar-refractivity contribution in [2.75, 3.05) is 19.6 Å². The van der Waals surface area contributed by atoms with Crippen LogP contribution in [-0.2, 0) is 9.59 Å². The minimum Gasteiger partial charge on any atom is -0.356 e. The second-order valence-electron chi connectivity index (χ2n) is 10.0. The third-order valence-corrected chi connectivity index (χ3v) is 6.50. The molecule has 0 radical (unpaired) electrons. The maximum Gasteiger partial charge on any atom is 0.225 e. The summed E-state index contributed by atoms with van der Waals surface area (Å²) in [6, 6.07) is 0. The molecule has 0 aliphatic heterocycles. The van der Waals surface area contributed by atoms with Gasteiger partial charge < -0.3 is 16.0 Å². The van der Waals surface area contributed by atoms with E-state index >= 15 is 0 Å². The maximum absolute atomic E-state index is 11.9. The van der Waals surface area contributed by atoms with E-state index in [0.717, 1.165) is 19.4 Å². The smallest absolute Gasteiger partial charge is 0.225 e. The zero-order valence-corrected chi connectivity index (χ0v) is 23.4. The number of carbonyl (C=O) groups excluding carboxylic acids is 2. The van der Waals surface area contributed by atoms with Crippen LogP contribution in [0.3, 0.4) is 0 Å². The van der Waals surface area contributed by atoms with E-state index in [1.54, 1.807) is 6.20 Å². The minimum atomic E-state index is 0.0232. The molecular formula is C30H59N3O2. The van der Waals surface area contributed by atoms with Crippen LogP contribution < -0.4 is 16.0 Å². The molecule has 0 saturated carbocycles. The minimum absolute atomic E-state index is 0.0232. The molecule has 0 atom stereocenters. The van der Waals surface area contributed by atoms with E-state index in [9.17, 15) is 9.59 Å². The normalized spacial score (nSPS) is 11.3. The molecule has 0 bridgehead atoms. The Morgan fingerprint density at radius 3 is 1.54 bits per heavy atom. The monoisotopic (exact) mass is 493 g/mol. The highest BCUT2D eigenvalue weighted by molar-refractivity contribution is 5.77. The average Bonchev–Trinajstić information content (AvgIpc) is 2.85. The van der Waals surface area contributed by atoms with Gasteiger partial charge in [-0.2, -0.15) is 0 Å². The summed E-state index contributed by atoms with van der Waals surface area (Å²) in [4.78, 5) is 23.7. The summed E-state index contributed by atoms with van der Waals surface area (Å²) in [5, 5.41) is 9.02. The van der Waals surface area contributed by atoms with Crippen molar-refractivity contribution < 1.29 is 9.59 Å². The fourth-order valence-corrected chi connectivity index (χ4v) is 4.16. The summed E-state index contributed by atoms with van der Waals surface area (Å²) < 4.78 is 0. The SMILES string of the molecule is CCCCCCCCCC/C=C/NC(=O)CCNCCC(=O)NCCCCCCCCCCCC. The van der Waals surface area contributed by atoms with Crippen LogP contribution in [0.25, 0.3) is 0 Å². The summed E-state index contributed by atoms with van der Waals surface area (Å²) in [5.74, 6) is 0.122. The maximum atomic E-state index is 11.9. The van der Waals surface area contributed by atoms with E-state index in [4.69, 9.17) is 0 Å². The van der Waals surface area contributed by atoms with Crippen molar-refractivity contribution in [2.24, 2.45) is 0 Å². The molecule has 0 aromatic carbocycles. The molecule has 0 fully saturated rings. The predicted octanol–water partition coefficient (Wildman–Crippen LogP) is 7.55. The fourth-order valence-electron chi connectivity index (χ4n) is 4.16. The quantitative estimate of drug-likeness (QED) is 0.103. The Bertz CT molecular complexity index is 494. The van der Waals surface area contributed by atoms with Crippen molar-refractivity contribution in [2.45, 2.75) is 149 Å². The molecule has 0 heterocycles. The summed E-state index contributed by atoms with van der Waals surface area (Å²) in [5.41, 5.74) is 0. The van der Waals surface area contributed by atoms with Crippen LogP contribution in [0, 0.1) is 0 Å². The molecule has 0 rings (SSSR count). The van der Waals surface area contributed by atoms with Gasteiger partial charge in [-0.1, -0.05) is 123 Å². The molecule has 206 valence electrons. The molecule has 2 amide bonds. The first kappa shape index (κ1) is 33.6. The van der Waals surface area contributed by atoms with Gasteiger partial charge in [0.15, 0.2) is 0 Å². The lowest BCUT2D eigenvalue weighted by Gasteiger charge is -2.07. The zero-order chi connectivity index (χ0) is 25.7. The van der Waals surface area contributed by atoms with Gasteiger partial charge in [-0.05, 0) is 25.5 Å². The van der Waals surface area contributed by atoms with Gasteiger partial charge in [0, 0.05) is 32.5 Å².